The summed E-state index contributed by atoms with van der Waals surface area (Å²) in [6.07, 6.45) is 0.316. The third kappa shape index (κ3) is 6.26. The minimum atomic E-state index is -2.57. The summed E-state index contributed by atoms with van der Waals surface area (Å²) < 4.78 is 29.3. The molecule has 150 valence electrons. The number of carbonyl (C=O) groups is 2. The molecule has 0 fully saturated rings. The molecule has 0 saturated carbocycles. The number of pyridine rings is 2. The zero-order chi connectivity index (χ0) is 20.7. The number of carbonyl (C=O) groups excluding carboxylic acids is 2. The molecule has 9 heteroatoms. The molecule has 0 atom stereocenters. The molecule has 0 aliphatic carbocycles. The van der Waals surface area contributed by atoms with Gasteiger partial charge < -0.3 is 15.4 Å². The molecule has 2 heterocycles. The normalized spacial score (nSPS) is 10.8. The van der Waals surface area contributed by atoms with Crippen molar-refractivity contribution in [3.8, 4) is 5.88 Å². The van der Waals surface area contributed by atoms with Crippen molar-refractivity contribution in [2.75, 3.05) is 11.9 Å². The van der Waals surface area contributed by atoms with Crippen LogP contribution in [-0.2, 0) is 11.3 Å². The van der Waals surface area contributed by atoms with Crippen molar-refractivity contribution in [2.45, 2.75) is 33.7 Å². The predicted octanol–water partition coefficient (Wildman–Crippen LogP) is 2.95. The average molecular weight is 392 g/mol. The van der Waals surface area contributed by atoms with E-state index in [2.05, 4.69) is 20.6 Å². The first kappa shape index (κ1) is 21.2. The molecule has 0 aromatic carbocycles. The predicted molar refractivity (Wildman–Crippen MR) is 99.3 cm³/mol. The van der Waals surface area contributed by atoms with Crippen LogP contribution in [0.4, 0.5) is 14.6 Å². The van der Waals surface area contributed by atoms with Gasteiger partial charge in [-0.25, -0.2) is 18.7 Å². The third-order valence-electron chi connectivity index (χ3n) is 3.68. The van der Waals surface area contributed by atoms with Gasteiger partial charge in [0.25, 0.3) is 12.3 Å². The Kier molecular flexibility index (Phi) is 7.36. The molecule has 2 N–H and O–H groups in total. The van der Waals surface area contributed by atoms with Crippen LogP contribution in [0, 0.1) is 12.8 Å². The SMILES string of the molecule is Cc1cc(CNC(=O)c2ccnc(NC(=O)C(C)C)c2)cnc1OCC(F)F. The number of hydrogen-bond acceptors (Lipinski definition) is 5. The maximum atomic E-state index is 12.3. The van der Waals surface area contributed by atoms with Crippen LogP contribution in [0.3, 0.4) is 0 Å². The molecule has 0 spiro atoms. The third-order valence-corrected chi connectivity index (χ3v) is 3.68. The van der Waals surface area contributed by atoms with E-state index in [0.717, 1.165) is 0 Å². The first-order chi connectivity index (χ1) is 13.3. The summed E-state index contributed by atoms with van der Waals surface area (Å²) in [4.78, 5) is 32.1. The van der Waals surface area contributed by atoms with Crippen LogP contribution < -0.4 is 15.4 Å². The van der Waals surface area contributed by atoms with E-state index in [4.69, 9.17) is 4.74 Å². The highest BCUT2D eigenvalue weighted by Crippen LogP contribution is 2.16. The largest absolute Gasteiger partial charge is 0.471 e. The summed E-state index contributed by atoms with van der Waals surface area (Å²) in [5.74, 6) is -0.319. The molecule has 2 aromatic heterocycles. The van der Waals surface area contributed by atoms with Gasteiger partial charge in [0, 0.05) is 36.0 Å². The lowest BCUT2D eigenvalue weighted by atomic mass is 10.2. The minimum Gasteiger partial charge on any atom is -0.471 e. The topological polar surface area (TPSA) is 93.2 Å². The highest BCUT2D eigenvalue weighted by Gasteiger charge is 2.12. The van der Waals surface area contributed by atoms with Gasteiger partial charge in [-0.2, -0.15) is 0 Å². The Morgan fingerprint density at radius 1 is 1.21 bits per heavy atom. The number of nitrogens with zero attached hydrogens (tertiary/aromatic N) is 2. The Morgan fingerprint density at radius 2 is 1.96 bits per heavy atom. The first-order valence-corrected chi connectivity index (χ1v) is 8.68. The summed E-state index contributed by atoms with van der Waals surface area (Å²) in [6, 6.07) is 4.72. The molecule has 2 rings (SSSR count). The maximum absolute atomic E-state index is 12.3. The van der Waals surface area contributed by atoms with E-state index < -0.39 is 13.0 Å². The summed E-state index contributed by atoms with van der Waals surface area (Å²) >= 11 is 0. The van der Waals surface area contributed by atoms with Crippen LogP contribution in [0.15, 0.2) is 30.6 Å². The van der Waals surface area contributed by atoms with Gasteiger partial charge in [0.2, 0.25) is 11.8 Å². The fourth-order valence-electron chi connectivity index (χ4n) is 2.21. The van der Waals surface area contributed by atoms with E-state index in [0.29, 0.717) is 22.5 Å². The molecule has 2 amide bonds. The van der Waals surface area contributed by atoms with Crippen LogP contribution in [0.25, 0.3) is 0 Å². The van der Waals surface area contributed by atoms with Crippen LogP contribution in [0.1, 0.15) is 35.3 Å². The number of hydrogen-bond donors (Lipinski definition) is 2. The van der Waals surface area contributed by atoms with E-state index in [1.54, 1.807) is 26.8 Å². The number of amides is 2. The van der Waals surface area contributed by atoms with Gasteiger partial charge in [-0.3, -0.25) is 9.59 Å². The number of anilines is 1. The lowest BCUT2D eigenvalue weighted by molar-refractivity contribution is -0.118. The minimum absolute atomic E-state index is 0.134. The van der Waals surface area contributed by atoms with Gasteiger partial charge in [0.15, 0.2) is 6.61 Å². The van der Waals surface area contributed by atoms with Crippen molar-refractivity contribution >= 4 is 17.6 Å². The Balaban J connectivity index is 1.96. The Labute approximate surface area is 161 Å². The van der Waals surface area contributed by atoms with Gasteiger partial charge in [-0.05, 0) is 30.7 Å². The quantitative estimate of drug-likeness (QED) is 0.721. The number of rotatable bonds is 8. The van der Waals surface area contributed by atoms with Crippen LogP contribution in [0.5, 0.6) is 5.88 Å². The molecule has 0 radical (unpaired) electrons. The molecule has 0 saturated heterocycles. The Bertz CT molecular complexity index is 844. The van der Waals surface area contributed by atoms with Gasteiger partial charge in [0.1, 0.15) is 5.82 Å². The number of halogens is 2. The van der Waals surface area contributed by atoms with E-state index in [9.17, 15) is 18.4 Å². The summed E-state index contributed by atoms with van der Waals surface area (Å²) in [5, 5.41) is 5.37. The van der Waals surface area contributed by atoms with E-state index in [-0.39, 0.29) is 30.2 Å². The second-order valence-corrected chi connectivity index (χ2v) is 6.42. The smallest absolute Gasteiger partial charge is 0.272 e. The second-order valence-electron chi connectivity index (χ2n) is 6.42. The number of alkyl halides is 2. The Morgan fingerprint density at radius 3 is 2.61 bits per heavy atom. The number of aryl methyl sites for hydroxylation is 1. The standard InChI is InChI=1S/C19H22F2N4O3/c1-11(2)17(26)25-16-7-14(4-5-22-16)18(27)23-8-13-6-12(3)19(24-9-13)28-10-15(20)21/h4-7,9,11,15H,8,10H2,1-3H3,(H,23,27)(H,22,25,26). The van der Waals surface area contributed by atoms with Gasteiger partial charge in [-0.15, -0.1) is 0 Å². The molecular formula is C19H22F2N4O3. The maximum Gasteiger partial charge on any atom is 0.272 e. The summed E-state index contributed by atoms with van der Waals surface area (Å²) in [7, 11) is 0. The lowest BCUT2D eigenvalue weighted by Gasteiger charge is -2.11. The van der Waals surface area contributed by atoms with Crippen molar-refractivity contribution in [3.05, 3.63) is 47.3 Å². The number of nitrogens with one attached hydrogen (secondary N) is 2. The average Bonchev–Trinajstić information content (AvgIpc) is 2.65. The van der Waals surface area contributed by atoms with E-state index in [1.165, 1.54) is 24.5 Å². The molecular weight excluding hydrogens is 370 g/mol. The van der Waals surface area contributed by atoms with Crippen LogP contribution >= 0.6 is 0 Å². The molecule has 0 aliphatic heterocycles. The van der Waals surface area contributed by atoms with Gasteiger partial charge in [-0.1, -0.05) is 13.8 Å². The molecule has 0 aliphatic rings. The van der Waals surface area contributed by atoms with Crippen molar-refractivity contribution < 1.29 is 23.1 Å². The van der Waals surface area contributed by atoms with Crippen molar-refractivity contribution in [1.29, 1.82) is 0 Å². The number of aromatic nitrogens is 2. The molecule has 2 aromatic rings. The fourth-order valence-corrected chi connectivity index (χ4v) is 2.21. The molecule has 0 bridgehead atoms. The Hall–Kier alpha value is -3.10. The highest BCUT2D eigenvalue weighted by molar-refractivity contribution is 5.96. The molecule has 0 unspecified atom stereocenters. The highest BCUT2D eigenvalue weighted by atomic mass is 19.3. The zero-order valence-corrected chi connectivity index (χ0v) is 15.8. The van der Waals surface area contributed by atoms with Crippen LogP contribution in [-0.4, -0.2) is 34.8 Å². The van der Waals surface area contributed by atoms with Crippen molar-refractivity contribution in [3.63, 3.8) is 0 Å². The van der Waals surface area contributed by atoms with Gasteiger partial charge >= 0.3 is 0 Å². The lowest BCUT2D eigenvalue weighted by Crippen LogP contribution is -2.24. The van der Waals surface area contributed by atoms with E-state index in [1.807, 2.05) is 0 Å². The summed E-state index contributed by atoms with van der Waals surface area (Å²) in [6.45, 7) is 4.67. The fraction of sp³-hybridized carbons (Fsp3) is 0.368. The summed E-state index contributed by atoms with van der Waals surface area (Å²) in [5.41, 5.74) is 1.63. The van der Waals surface area contributed by atoms with E-state index >= 15 is 0 Å². The molecule has 7 nitrogen and oxygen atoms in total. The number of ether oxygens (including phenoxy) is 1. The second kappa shape index (κ2) is 9.72. The zero-order valence-electron chi connectivity index (χ0n) is 15.8. The first-order valence-electron chi connectivity index (χ1n) is 8.68. The van der Waals surface area contributed by atoms with Gasteiger partial charge in [0.05, 0.1) is 0 Å². The van der Waals surface area contributed by atoms with Crippen molar-refractivity contribution in [2.24, 2.45) is 5.92 Å². The molecule has 28 heavy (non-hydrogen) atoms. The van der Waals surface area contributed by atoms with Crippen LogP contribution in [0.2, 0.25) is 0 Å². The van der Waals surface area contributed by atoms with Crippen molar-refractivity contribution in [1.82, 2.24) is 15.3 Å². The monoisotopic (exact) mass is 392 g/mol.